The molecule has 0 aromatic carbocycles. The molecule has 1 aliphatic heterocycles. The van der Waals surface area contributed by atoms with Gasteiger partial charge in [0.25, 0.3) is 0 Å². The average molecular weight is 680 g/mol. The van der Waals surface area contributed by atoms with Gasteiger partial charge in [0.1, 0.15) is 0 Å². The molecule has 0 spiro atoms. The van der Waals surface area contributed by atoms with Crippen LogP contribution in [-0.4, -0.2) is 82.5 Å². The van der Waals surface area contributed by atoms with E-state index in [-0.39, 0.29) is 0 Å². The summed E-state index contributed by atoms with van der Waals surface area (Å²) in [7, 11) is 0. The topological polar surface area (TPSA) is 12.2 Å². The first-order valence-corrected chi connectivity index (χ1v) is 8.49. The van der Waals surface area contributed by atoms with E-state index < -0.39 is 82.5 Å². The fourth-order valence-corrected chi connectivity index (χ4v) is 2.41. The van der Waals surface area contributed by atoms with Gasteiger partial charge in [-0.3, -0.25) is 0 Å². The largest absolute Gasteiger partial charge is 0.573 e. The molecule has 0 atom stereocenters. The summed E-state index contributed by atoms with van der Waals surface area (Å²) in [4.78, 5) is 0. The third kappa shape index (κ3) is 4.29. The van der Waals surface area contributed by atoms with E-state index in [1.807, 2.05) is 0 Å². The molecule has 1 aliphatic rings. The van der Waals surface area contributed by atoms with Crippen molar-refractivity contribution in [1.29, 1.82) is 0 Å². The molecule has 0 aromatic rings. The van der Waals surface area contributed by atoms with Crippen molar-refractivity contribution in [3.05, 3.63) is 0 Å². The van der Waals surface area contributed by atoms with Crippen LogP contribution in [0.1, 0.15) is 0 Å². The van der Waals surface area contributed by atoms with Gasteiger partial charge in [0, 0.05) is 0 Å². The first-order valence-electron chi connectivity index (χ1n) is 8.49. The molecule has 2 nitrogen and oxygen atoms in total. The number of rotatable bonds is 8. The zero-order valence-electron chi connectivity index (χ0n) is 17.2. The zero-order valence-corrected chi connectivity index (χ0v) is 17.2. The van der Waals surface area contributed by atoms with Crippen LogP contribution in [0, 0.1) is 0 Å². The fraction of sp³-hybridized carbons (Fsp3) is 0.923. The predicted molar refractivity (Wildman–Crippen MR) is 67.9 cm³/mol. The molecule has 28 heteroatoms. The number of ether oxygens (including phenoxy) is 1. The molecule has 1 heterocycles. The molecule has 0 N–H and O–H groups in total. The van der Waals surface area contributed by atoms with Gasteiger partial charge in [-0.2, -0.15) is 96.6 Å². The maximum atomic E-state index is 14.0. The summed E-state index contributed by atoms with van der Waals surface area (Å²) >= 11 is 0. The van der Waals surface area contributed by atoms with Crippen LogP contribution in [0.15, 0.2) is 0 Å². The highest BCUT2D eigenvalue weighted by atomic mass is 19.4. The molecular formula is C13F26NO+. The maximum absolute atomic E-state index is 14.0. The maximum Gasteiger partial charge on any atom is 0.573 e. The predicted octanol–water partition coefficient (Wildman–Crippen LogP) is 7.78. The monoisotopic (exact) mass is 680 g/mol. The quantitative estimate of drug-likeness (QED) is 0.145. The molecule has 0 amide bonds. The second-order valence-corrected chi connectivity index (χ2v) is 7.36. The smallest absolute Gasteiger partial charge is 0.367 e. The minimum atomic E-state index is -9.51. The Morgan fingerprint density at radius 1 is 0.415 bits per heavy atom. The van der Waals surface area contributed by atoms with Crippen molar-refractivity contribution in [3.63, 3.8) is 0 Å². The molecule has 1 rings (SSSR count). The standard InChI is InChI=1S/C13F26NO/c14-2(15,9(28,29)30)1-40(12(36,37)13(38,39)41-1)11(34,35)8(26,27)6(22,23)4(18,19)3(16,17)5(20,21)7(24,25)10(31,32)33/q+1. The van der Waals surface area contributed by atoms with Crippen LogP contribution in [0.2, 0.25) is 0 Å². The Balaban J connectivity index is 4.12. The van der Waals surface area contributed by atoms with E-state index in [1.54, 1.807) is 4.74 Å². The van der Waals surface area contributed by atoms with Crippen molar-refractivity contribution in [2.45, 2.75) is 72.0 Å². The van der Waals surface area contributed by atoms with Gasteiger partial charge >= 0.3 is 77.9 Å². The van der Waals surface area contributed by atoms with Gasteiger partial charge in [-0.1, -0.05) is 0 Å². The molecule has 0 saturated carbocycles. The normalized spacial score (nSPS) is 20.4. The molecule has 0 fully saturated rings. The van der Waals surface area contributed by atoms with Gasteiger partial charge in [0.05, 0.1) is 0 Å². The molecule has 0 radical (unpaired) electrons. The number of halogens is 26. The fourth-order valence-electron chi connectivity index (χ4n) is 2.41. The van der Waals surface area contributed by atoms with Gasteiger partial charge in [-0.05, 0) is 4.58 Å². The molecule has 0 saturated heterocycles. The van der Waals surface area contributed by atoms with Crippen molar-refractivity contribution in [1.82, 2.24) is 0 Å². The minimum absolute atomic E-state index is 1.80. The van der Waals surface area contributed by atoms with Crippen LogP contribution in [0.4, 0.5) is 114 Å². The molecule has 0 bridgehead atoms. The molecule has 0 unspecified atom stereocenters. The Labute approximate surface area is 203 Å². The summed E-state index contributed by atoms with van der Waals surface area (Å²) < 4.78 is 339. The summed E-state index contributed by atoms with van der Waals surface area (Å²) in [6, 6.07) is -16.9. The number of alkyl halides is 26. The van der Waals surface area contributed by atoms with Crippen molar-refractivity contribution in [2.75, 3.05) is 0 Å². The third-order valence-corrected chi connectivity index (χ3v) is 4.67. The van der Waals surface area contributed by atoms with Gasteiger partial charge < -0.3 is 4.74 Å². The second-order valence-electron chi connectivity index (χ2n) is 7.36. The summed E-state index contributed by atoms with van der Waals surface area (Å²) in [5, 5.41) is 0. The Morgan fingerprint density at radius 2 is 0.707 bits per heavy atom. The lowest BCUT2D eigenvalue weighted by atomic mass is 9.90. The lowest BCUT2D eigenvalue weighted by Crippen LogP contribution is -2.76. The molecular weight excluding hydrogens is 680 g/mol. The number of hydrogen-bond donors (Lipinski definition) is 0. The van der Waals surface area contributed by atoms with Crippen molar-refractivity contribution < 1.29 is 123 Å². The van der Waals surface area contributed by atoms with E-state index in [0.29, 0.717) is 0 Å². The van der Waals surface area contributed by atoms with Crippen molar-refractivity contribution >= 4 is 5.90 Å². The van der Waals surface area contributed by atoms with E-state index in [1.165, 1.54) is 0 Å². The summed E-state index contributed by atoms with van der Waals surface area (Å²) in [5.74, 6) is -68.5. The zero-order chi connectivity index (χ0) is 33.9. The third-order valence-electron chi connectivity index (χ3n) is 4.67. The van der Waals surface area contributed by atoms with Crippen molar-refractivity contribution in [2.24, 2.45) is 0 Å². The van der Waals surface area contributed by atoms with Crippen LogP contribution in [0.5, 0.6) is 0 Å². The molecule has 0 aliphatic carbocycles. The van der Waals surface area contributed by atoms with Crippen LogP contribution >= 0.6 is 0 Å². The summed E-state index contributed by atoms with van der Waals surface area (Å²) in [6.07, 6.45) is -23.3. The lowest BCUT2D eigenvalue weighted by Gasteiger charge is -2.41. The minimum Gasteiger partial charge on any atom is -0.367 e. The molecule has 244 valence electrons. The first kappa shape index (κ1) is 36.7. The lowest BCUT2D eigenvalue weighted by molar-refractivity contribution is -0.810. The van der Waals surface area contributed by atoms with Gasteiger partial charge in [-0.15, -0.1) is 17.6 Å². The second kappa shape index (κ2) is 8.61. The van der Waals surface area contributed by atoms with Crippen LogP contribution < -0.4 is 0 Å². The highest BCUT2D eigenvalue weighted by Crippen LogP contribution is 2.65. The van der Waals surface area contributed by atoms with Crippen LogP contribution in [0.25, 0.3) is 0 Å². The van der Waals surface area contributed by atoms with Gasteiger partial charge in [-0.25, -0.2) is 0 Å². The van der Waals surface area contributed by atoms with E-state index in [2.05, 4.69) is 0 Å². The number of nitrogens with zero attached hydrogens (tertiary/aromatic N) is 1. The summed E-state index contributed by atoms with van der Waals surface area (Å²) in [5.41, 5.74) is 0. The van der Waals surface area contributed by atoms with Crippen LogP contribution in [0.3, 0.4) is 0 Å². The SMILES string of the molecule is FC(F)(F)C(F)(F)C1=[N+](C(F)(F)C(F)(F)C(F)(F)C(F)(F)C(F)(F)C(F)(F)C(F)(F)C(F)(F)F)C(F)(F)C(F)(F)O1. The molecule has 0 aromatic heterocycles. The average Bonchev–Trinajstić information content (AvgIpc) is 2.90. The van der Waals surface area contributed by atoms with E-state index in [9.17, 15) is 114 Å². The number of hydrogen-bond acceptors (Lipinski definition) is 1. The highest BCUT2D eigenvalue weighted by Gasteiger charge is 3.00. The Bertz CT molecular complexity index is 1060. The first-order chi connectivity index (χ1) is 17.2. The van der Waals surface area contributed by atoms with E-state index in [0.717, 1.165) is 0 Å². The van der Waals surface area contributed by atoms with E-state index in [4.69, 9.17) is 0 Å². The van der Waals surface area contributed by atoms with Crippen molar-refractivity contribution in [3.8, 4) is 0 Å². The van der Waals surface area contributed by atoms with Gasteiger partial charge in [0.2, 0.25) is 0 Å². The van der Waals surface area contributed by atoms with E-state index >= 15 is 0 Å². The Kier molecular flexibility index (Phi) is 7.70. The van der Waals surface area contributed by atoms with Gasteiger partial charge in [0.15, 0.2) is 0 Å². The highest BCUT2D eigenvalue weighted by molar-refractivity contribution is 5.81. The Morgan fingerprint density at radius 3 is 1.00 bits per heavy atom. The Hall–Kier alpha value is -2.35. The van der Waals surface area contributed by atoms with Crippen LogP contribution in [-0.2, 0) is 4.74 Å². The molecule has 41 heavy (non-hydrogen) atoms. The summed E-state index contributed by atoms with van der Waals surface area (Å²) in [6.45, 7) is 0.